The molecule has 11 heteroatoms. The van der Waals surface area contributed by atoms with Gasteiger partial charge in [-0.15, -0.1) is 0 Å². The largest absolute Gasteiger partial charge is 0.434 e. The number of nitrogens with one attached hydrogen (secondary N) is 2. The minimum atomic E-state index is -4.95. The number of hydrogen-bond donors (Lipinski definition) is 2. The summed E-state index contributed by atoms with van der Waals surface area (Å²) in [7, 11) is 0. The molecular formula is C18H17F5N4O2. The molecule has 1 fully saturated rings. The number of amides is 1. The Morgan fingerprint density at radius 3 is 2.62 bits per heavy atom. The van der Waals surface area contributed by atoms with E-state index in [1.54, 1.807) is 0 Å². The highest BCUT2D eigenvalue weighted by molar-refractivity contribution is 5.95. The molecule has 0 saturated carbocycles. The van der Waals surface area contributed by atoms with E-state index in [1.165, 1.54) is 6.07 Å². The van der Waals surface area contributed by atoms with E-state index in [2.05, 4.69) is 20.6 Å². The molecule has 29 heavy (non-hydrogen) atoms. The van der Waals surface area contributed by atoms with Gasteiger partial charge in [0, 0.05) is 26.0 Å². The number of carbonyl (C=O) groups is 1. The van der Waals surface area contributed by atoms with E-state index < -0.39 is 46.6 Å². The summed E-state index contributed by atoms with van der Waals surface area (Å²) >= 11 is 0. The van der Waals surface area contributed by atoms with Crippen LogP contribution in [0.1, 0.15) is 28.9 Å². The van der Waals surface area contributed by atoms with Crippen LogP contribution in [0.3, 0.4) is 0 Å². The number of alkyl halides is 3. The van der Waals surface area contributed by atoms with Gasteiger partial charge in [-0.1, -0.05) is 6.07 Å². The summed E-state index contributed by atoms with van der Waals surface area (Å²) in [5.74, 6) is -3.95. The number of benzene rings is 1. The number of ether oxygens (including phenoxy) is 1. The van der Waals surface area contributed by atoms with Crippen molar-refractivity contribution in [2.24, 2.45) is 5.92 Å². The molecular weight excluding hydrogens is 399 g/mol. The molecule has 0 unspecified atom stereocenters. The van der Waals surface area contributed by atoms with Crippen LogP contribution in [-0.2, 0) is 10.9 Å². The Morgan fingerprint density at radius 1 is 1.21 bits per heavy atom. The second-order valence-electron chi connectivity index (χ2n) is 6.45. The zero-order valence-electron chi connectivity index (χ0n) is 15.0. The summed E-state index contributed by atoms with van der Waals surface area (Å²) in [6.45, 7) is 1.27. The Balaban J connectivity index is 1.80. The summed E-state index contributed by atoms with van der Waals surface area (Å²) in [6, 6.07) is 3.14. The Hall–Kier alpha value is -2.82. The highest BCUT2D eigenvalue weighted by Crippen LogP contribution is 2.31. The standard InChI is InChI=1S/C18H17F5N4O2/c19-12-2-1-3-13(14(12)20)26-17-25-9-11(15(27-17)18(21,22)23)16(28)24-8-10-4-6-29-7-5-10/h1-3,9-10H,4-8H2,(H,24,28)(H,25,26,27). The van der Waals surface area contributed by atoms with Crippen molar-refractivity contribution in [3.8, 4) is 0 Å². The first-order chi connectivity index (χ1) is 13.8. The average Bonchev–Trinajstić information content (AvgIpc) is 2.70. The number of anilines is 2. The summed E-state index contributed by atoms with van der Waals surface area (Å²) in [4.78, 5) is 19.2. The summed E-state index contributed by atoms with van der Waals surface area (Å²) < 4.78 is 72.4. The smallest absolute Gasteiger partial charge is 0.381 e. The number of halogens is 5. The molecule has 1 amide bonds. The fourth-order valence-corrected chi connectivity index (χ4v) is 2.83. The maximum atomic E-state index is 13.7. The van der Waals surface area contributed by atoms with Crippen molar-refractivity contribution in [3.05, 3.63) is 47.3 Å². The molecule has 0 spiro atoms. The lowest BCUT2D eigenvalue weighted by Crippen LogP contribution is -2.33. The van der Waals surface area contributed by atoms with Crippen LogP contribution in [-0.4, -0.2) is 35.6 Å². The third-order valence-corrected chi connectivity index (χ3v) is 4.39. The second-order valence-corrected chi connectivity index (χ2v) is 6.45. The first-order valence-corrected chi connectivity index (χ1v) is 8.77. The van der Waals surface area contributed by atoms with Crippen molar-refractivity contribution in [1.29, 1.82) is 0 Å². The van der Waals surface area contributed by atoms with E-state index in [0.29, 0.717) is 32.3 Å². The minimum absolute atomic E-state index is 0.111. The molecule has 1 aliphatic rings. The third kappa shape index (κ3) is 5.17. The van der Waals surface area contributed by atoms with Crippen molar-refractivity contribution in [1.82, 2.24) is 15.3 Å². The Kier molecular flexibility index (Phi) is 6.26. The van der Waals surface area contributed by atoms with Gasteiger partial charge < -0.3 is 15.4 Å². The predicted molar refractivity (Wildman–Crippen MR) is 92.6 cm³/mol. The van der Waals surface area contributed by atoms with Crippen LogP contribution in [0.2, 0.25) is 0 Å². The van der Waals surface area contributed by atoms with Gasteiger partial charge in [-0.25, -0.2) is 18.7 Å². The van der Waals surface area contributed by atoms with Gasteiger partial charge in [-0.2, -0.15) is 13.2 Å². The number of aromatic nitrogens is 2. The van der Waals surface area contributed by atoms with Crippen molar-refractivity contribution < 1.29 is 31.5 Å². The van der Waals surface area contributed by atoms with Crippen LogP contribution < -0.4 is 10.6 Å². The Labute approximate surface area is 162 Å². The first-order valence-electron chi connectivity index (χ1n) is 8.77. The highest BCUT2D eigenvalue weighted by atomic mass is 19.4. The van der Waals surface area contributed by atoms with E-state index in [0.717, 1.165) is 12.1 Å². The molecule has 0 radical (unpaired) electrons. The van der Waals surface area contributed by atoms with Crippen LogP contribution >= 0.6 is 0 Å². The molecule has 1 aromatic carbocycles. The molecule has 3 rings (SSSR count). The van der Waals surface area contributed by atoms with Gasteiger partial charge in [0.1, 0.15) is 0 Å². The van der Waals surface area contributed by atoms with Crippen LogP contribution in [0.4, 0.5) is 33.6 Å². The number of nitrogens with zero attached hydrogens (tertiary/aromatic N) is 2. The number of carbonyl (C=O) groups excluding carboxylic acids is 1. The molecule has 0 atom stereocenters. The van der Waals surface area contributed by atoms with Crippen LogP contribution in [0, 0.1) is 17.6 Å². The van der Waals surface area contributed by atoms with Crippen LogP contribution in [0.25, 0.3) is 0 Å². The topological polar surface area (TPSA) is 76.1 Å². The lowest BCUT2D eigenvalue weighted by Gasteiger charge is -2.22. The fraction of sp³-hybridized carbons (Fsp3) is 0.389. The SMILES string of the molecule is O=C(NCC1CCOCC1)c1cnc(Nc2cccc(F)c2F)nc1C(F)(F)F. The molecule has 1 saturated heterocycles. The quantitative estimate of drug-likeness (QED) is 0.728. The molecule has 2 N–H and O–H groups in total. The van der Waals surface area contributed by atoms with E-state index in [1.807, 2.05) is 0 Å². The molecule has 0 aliphatic carbocycles. The first kappa shape index (κ1) is 20.9. The van der Waals surface area contributed by atoms with E-state index in [4.69, 9.17) is 4.74 Å². The van der Waals surface area contributed by atoms with Gasteiger partial charge in [0.05, 0.1) is 11.3 Å². The zero-order chi connectivity index (χ0) is 21.0. The third-order valence-electron chi connectivity index (χ3n) is 4.39. The van der Waals surface area contributed by atoms with Crippen molar-refractivity contribution in [2.45, 2.75) is 19.0 Å². The molecule has 1 aliphatic heterocycles. The van der Waals surface area contributed by atoms with Gasteiger partial charge in [-0.05, 0) is 30.9 Å². The van der Waals surface area contributed by atoms with Gasteiger partial charge in [0.25, 0.3) is 5.91 Å². The molecule has 2 heterocycles. The van der Waals surface area contributed by atoms with Crippen LogP contribution in [0.15, 0.2) is 24.4 Å². The second kappa shape index (κ2) is 8.68. The minimum Gasteiger partial charge on any atom is -0.381 e. The molecule has 156 valence electrons. The van der Waals surface area contributed by atoms with E-state index in [-0.39, 0.29) is 12.5 Å². The van der Waals surface area contributed by atoms with Gasteiger partial charge in [0.2, 0.25) is 5.95 Å². The normalized spacial score (nSPS) is 15.2. The monoisotopic (exact) mass is 416 g/mol. The van der Waals surface area contributed by atoms with Crippen molar-refractivity contribution >= 4 is 17.5 Å². The van der Waals surface area contributed by atoms with Gasteiger partial charge in [-0.3, -0.25) is 4.79 Å². The average molecular weight is 416 g/mol. The Bertz CT molecular complexity index is 885. The number of rotatable bonds is 5. The molecule has 1 aromatic heterocycles. The summed E-state index contributed by atoms with van der Waals surface area (Å²) in [6.07, 6.45) is -2.85. The lowest BCUT2D eigenvalue weighted by molar-refractivity contribution is -0.141. The molecule has 0 bridgehead atoms. The molecule has 2 aromatic rings. The summed E-state index contributed by atoms with van der Waals surface area (Å²) in [5.41, 5.74) is -2.67. The maximum Gasteiger partial charge on any atom is 0.434 e. The molecule has 6 nitrogen and oxygen atoms in total. The van der Waals surface area contributed by atoms with E-state index in [9.17, 15) is 26.7 Å². The van der Waals surface area contributed by atoms with E-state index >= 15 is 0 Å². The Morgan fingerprint density at radius 2 is 1.93 bits per heavy atom. The van der Waals surface area contributed by atoms with Gasteiger partial charge >= 0.3 is 6.18 Å². The zero-order valence-corrected chi connectivity index (χ0v) is 15.0. The van der Waals surface area contributed by atoms with Crippen molar-refractivity contribution in [3.63, 3.8) is 0 Å². The maximum absolute atomic E-state index is 13.7. The highest BCUT2D eigenvalue weighted by Gasteiger charge is 2.38. The van der Waals surface area contributed by atoms with Crippen molar-refractivity contribution in [2.75, 3.05) is 25.1 Å². The van der Waals surface area contributed by atoms with Crippen LogP contribution in [0.5, 0.6) is 0 Å². The predicted octanol–water partition coefficient (Wildman–Crippen LogP) is 3.67. The lowest BCUT2D eigenvalue weighted by atomic mass is 10.0. The fourth-order valence-electron chi connectivity index (χ4n) is 2.83. The number of hydrogen-bond acceptors (Lipinski definition) is 5. The van der Waals surface area contributed by atoms with Gasteiger partial charge in [0.15, 0.2) is 17.3 Å². The summed E-state index contributed by atoms with van der Waals surface area (Å²) in [5, 5.41) is 4.65.